The number of nitrogens with zero attached hydrogens (tertiary/aromatic N) is 1. The van der Waals surface area contributed by atoms with Crippen molar-refractivity contribution in [2.24, 2.45) is 11.8 Å². The second-order valence-electron chi connectivity index (χ2n) is 3.83. The molecule has 0 spiro atoms. The standard InChI is InChI=1S/C11H17NO2/c1-2-14-11(13)10-5-3-9(4-6-10)7-8-12/h9-10H,2-7H2,1H3/t9-,10-. The molecule has 0 bridgehead atoms. The van der Waals surface area contributed by atoms with Gasteiger partial charge in [-0.2, -0.15) is 5.26 Å². The summed E-state index contributed by atoms with van der Waals surface area (Å²) in [5, 5.41) is 8.54. The van der Waals surface area contributed by atoms with Crippen LogP contribution in [0.1, 0.15) is 39.0 Å². The van der Waals surface area contributed by atoms with Crippen LogP contribution in [0.5, 0.6) is 0 Å². The molecule has 1 rings (SSSR count). The fraction of sp³-hybridized carbons (Fsp3) is 0.818. The maximum Gasteiger partial charge on any atom is 0.308 e. The van der Waals surface area contributed by atoms with E-state index in [1.807, 2.05) is 6.92 Å². The van der Waals surface area contributed by atoms with Gasteiger partial charge in [0.15, 0.2) is 0 Å². The SMILES string of the molecule is CCOC(=O)[C@H]1CC[C@H](CC#N)CC1. The van der Waals surface area contributed by atoms with E-state index >= 15 is 0 Å². The minimum atomic E-state index is -0.0529. The average molecular weight is 195 g/mol. The first-order valence-electron chi connectivity index (χ1n) is 5.31. The second-order valence-corrected chi connectivity index (χ2v) is 3.83. The molecule has 0 atom stereocenters. The minimum absolute atomic E-state index is 0.0529. The van der Waals surface area contributed by atoms with Crippen LogP contribution < -0.4 is 0 Å². The van der Waals surface area contributed by atoms with Gasteiger partial charge in [0, 0.05) is 6.42 Å². The van der Waals surface area contributed by atoms with Crippen LogP contribution in [0.25, 0.3) is 0 Å². The van der Waals surface area contributed by atoms with Crippen LogP contribution in [0.3, 0.4) is 0 Å². The van der Waals surface area contributed by atoms with Crippen molar-refractivity contribution < 1.29 is 9.53 Å². The van der Waals surface area contributed by atoms with Gasteiger partial charge < -0.3 is 4.74 Å². The van der Waals surface area contributed by atoms with Gasteiger partial charge in [0.1, 0.15) is 0 Å². The number of hydrogen-bond acceptors (Lipinski definition) is 3. The average Bonchev–Trinajstić information content (AvgIpc) is 2.20. The van der Waals surface area contributed by atoms with Crippen molar-refractivity contribution in [3.8, 4) is 6.07 Å². The van der Waals surface area contributed by atoms with Crippen molar-refractivity contribution in [2.45, 2.75) is 39.0 Å². The monoisotopic (exact) mass is 195 g/mol. The molecule has 0 heterocycles. The van der Waals surface area contributed by atoms with E-state index in [9.17, 15) is 4.79 Å². The zero-order valence-electron chi connectivity index (χ0n) is 8.66. The van der Waals surface area contributed by atoms with Crippen molar-refractivity contribution in [3.05, 3.63) is 0 Å². The van der Waals surface area contributed by atoms with E-state index in [1.54, 1.807) is 0 Å². The molecule has 0 aromatic heterocycles. The molecule has 0 aromatic rings. The van der Waals surface area contributed by atoms with Crippen molar-refractivity contribution >= 4 is 5.97 Å². The van der Waals surface area contributed by atoms with E-state index in [4.69, 9.17) is 10.00 Å². The van der Waals surface area contributed by atoms with Gasteiger partial charge in [0.2, 0.25) is 0 Å². The molecule has 1 aliphatic rings. The summed E-state index contributed by atoms with van der Waals surface area (Å²) in [5.74, 6) is 0.540. The van der Waals surface area contributed by atoms with Gasteiger partial charge in [-0.1, -0.05) is 0 Å². The van der Waals surface area contributed by atoms with Gasteiger partial charge >= 0.3 is 5.97 Å². The normalized spacial score (nSPS) is 26.6. The smallest absolute Gasteiger partial charge is 0.308 e. The Hall–Kier alpha value is -1.04. The lowest BCUT2D eigenvalue weighted by Gasteiger charge is -2.25. The van der Waals surface area contributed by atoms with E-state index in [-0.39, 0.29) is 11.9 Å². The summed E-state index contributed by atoms with van der Waals surface area (Å²) >= 11 is 0. The molecule has 1 saturated carbocycles. The maximum atomic E-state index is 11.4. The Morgan fingerprint density at radius 1 is 1.43 bits per heavy atom. The fourth-order valence-electron chi connectivity index (χ4n) is 1.99. The summed E-state index contributed by atoms with van der Waals surface area (Å²) in [6.07, 6.45) is 4.42. The first-order valence-corrected chi connectivity index (χ1v) is 5.31. The number of nitriles is 1. The maximum absolute atomic E-state index is 11.4. The Kier molecular flexibility index (Phi) is 4.45. The zero-order valence-corrected chi connectivity index (χ0v) is 8.66. The van der Waals surface area contributed by atoms with Gasteiger partial charge in [-0.25, -0.2) is 0 Å². The summed E-state index contributed by atoms with van der Waals surface area (Å²) < 4.78 is 4.97. The molecule has 3 heteroatoms. The summed E-state index contributed by atoms with van der Waals surface area (Å²) in [6, 6.07) is 2.19. The number of hydrogen-bond donors (Lipinski definition) is 0. The molecule has 3 nitrogen and oxygen atoms in total. The van der Waals surface area contributed by atoms with Gasteiger partial charge in [0.25, 0.3) is 0 Å². The first kappa shape index (κ1) is 11.0. The number of carbonyl (C=O) groups is 1. The van der Waals surface area contributed by atoms with E-state index in [0.29, 0.717) is 18.9 Å². The summed E-state index contributed by atoms with van der Waals surface area (Å²) in [4.78, 5) is 11.4. The summed E-state index contributed by atoms with van der Waals surface area (Å²) in [6.45, 7) is 2.30. The van der Waals surface area contributed by atoms with Crippen LogP contribution in [0, 0.1) is 23.2 Å². The molecule has 1 aliphatic carbocycles. The van der Waals surface area contributed by atoms with Gasteiger partial charge in [-0.05, 0) is 38.5 Å². The van der Waals surface area contributed by atoms with Gasteiger partial charge in [-0.15, -0.1) is 0 Å². The fourth-order valence-corrected chi connectivity index (χ4v) is 1.99. The molecule has 0 N–H and O–H groups in total. The van der Waals surface area contributed by atoms with E-state index in [2.05, 4.69) is 6.07 Å². The molecule has 0 aliphatic heterocycles. The second kappa shape index (κ2) is 5.64. The Bertz CT molecular complexity index is 224. The largest absolute Gasteiger partial charge is 0.466 e. The lowest BCUT2D eigenvalue weighted by molar-refractivity contribution is -0.149. The van der Waals surface area contributed by atoms with E-state index in [1.165, 1.54) is 0 Å². The number of rotatable bonds is 3. The third-order valence-corrected chi connectivity index (χ3v) is 2.85. The van der Waals surface area contributed by atoms with Crippen LogP contribution in [0.2, 0.25) is 0 Å². The highest BCUT2D eigenvalue weighted by Gasteiger charge is 2.26. The van der Waals surface area contributed by atoms with E-state index in [0.717, 1.165) is 25.7 Å². The van der Waals surface area contributed by atoms with Crippen LogP contribution in [-0.2, 0) is 9.53 Å². The highest BCUT2D eigenvalue weighted by atomic mass is 16.5. The van der Waals surface area contributed by atoms with Crippen molar-refractivity contribution in [1.29, 1.82) is 5.26 Å². The van der Waals surface area contributed by atoms with Gasteiger partial charge in [0.05, 0.1) is 18.6 Å². The van der Waals surface area contributed by atoms with E-state index < -0.39 is 0 Å². The van der Waals surface area contributed by atoms with Crippen LogP contribution >= 0.6 is 0 Å². The number of carbonyl (C=O) groups excluding carboxylic acids is 1. The first-order chi connectivity index (χ1) is 6.77. The van der Waals surface area contributed by atoms with Gasteiger partial charge in [-0.3, -0.25) is 4.79 Å². The van der Waals surface area contributed by atoms with Crippen LogP contribution in [0.4, 0.5) is 0 Å². The summed E-state index contributed by atoms with van der Waals surface area (Å²) in [5.41, 5.74) is 0. The molecule has 1 fully saturated rings. The van der Waals surface area contributed by atoms with Crippen molar-refractivity contribution in [1.82, 2.24) is 0 Å². The molecular formula is C11H17NO2. The third kappa shape index (κ3) is 3.02. The third-order valence-electron chi connectivity index (χ3n) is 2.85. The predicted octanol–water partition coefficient (Wildman–Crippen LogP) is 2.27. The highest BCUT2D eigenvalue weighted by Crippen LogP contribution is 2.31. The Morgan fingerprint density at radius 2 is 2.07 bits per heavy atom. The molecule has 14 heavy (non-hydrogen) atoms. The lowest BCUT2D eigenvalue weighted by atomic mass is 9.81. The molecule has 0 unspecified atom stereocenters. The molecule has 78 valence electrons. The number of ether oxygens (including phenoxy) is 1. The topological polar surface area (TPSA) is 50.1 Å². The van der Waals surface area contributed by atoms with Crippen LogP contribution in [-0.4, -0.2) is 12.6 Å². The molecule has 0 aromatic carbocycles. The van der Waals surface area contributed by atoms with Crippen LogP contribution in [0.15, 0.2) is 0 Å². The predicted molar refractivity (Wildman–Crippen MR) is 52.3 cm³/mol. The summed E-state index contributed by atoms with van der Waals surface area (Å²) in [7, 11) is 0. The molecular weight excluding hydrogens is 178 g/mol. The van der Waals surface area contributed by atoms with Crippen molar-refractivity contribution in [3.63, 3.8) is 0 Å². The highest BCUT2D eigenvalue weighted by molar-refractivity contribution is 5.72. The number of esters is 1. The van der Waals surface area contributed by atoms with Crippen molar-refractivity contribution in [2.75, 3.05) is 6.61 Å². The Labute approximate surface area is 85.1 Å². The minimum Gasteiger partial charge on any atom is -0.466 e. The molecule has 0 radical (unpaired) electrons. The Balaban J connectivity index is 2.28. The molecule has 0 amide bonds. The Morgan fingerprint density at radius 3 is 2.57 bits per heavy atom. The molecule has 0 saturated heterocycles. The quantitative estimate of drug-likeness (QED) is 0.649. The zero-order chi connectivity index (χ0) is 10.4. The lowest BCUT2D eigenvalue weighted by Crippen LogP contribution is -2.23.